The van der Waals surface area contributed by atoms with E-state index in [4.69, 9.17) is 28.4 Å². The molecule has 1 unspecified atom stereocenters. The summed E-state index contributed by atoms with van der Waals surface area (Å²) in [6.07, 6.45) is 6.43. The summed E-state index contributed by atoms with van der Waals surface area (Å²) in [6, 6.07) is 0. The van der Waals surface area contributed by atoms with Crippen LogP contribution in [-0.2, 0) is 28.4 Å². The van der Waals surface area contributed by atoms with Gasteiger partial charge in [0.15, 0.2) is 0 Å². The Morgan fingerprint density at radius 2 is 1.07 bits per heavy atom. The molecule has 1 aliphatic carbocycles. The van der Waals surface area contributed by atoms with Crippen molar-refractivity contribution in [1.82, 2.24) is 0 Å². The van der Waals surface area contributed by atoms with Crippen molar-refractivity contribution in [3.63, 3.8) is 0 Å². The van der Waals surface area contributed by atoms with Crippen molar-refractivity contribution in [2.24, 2.45) is 11.3 Å². The third-order valence-corrected chi connectivity index (χ3v) is 5.43. The van der Waals surface area contributed by atoms with Crippen LogP contribution in [0.4, 0.5) is 0 Å². The first-order valence-corrected chi connectivity index (χ1v) is 10.7. The van der Waals surface area contributed by atoms with Crippen molar-refractivity contribution < 1.29 is 28.4 Å². The highest BCUT2D eigenvalue weighted by molar-refractivity contribution is 4.80. The second-order valence-electron chi connectivity index (χ2n) is 8.36. The van der Waals surface area contributed by atoms with Crippen LogP contribution in [0.25, 0.3) is 0 Å². The minimum atomic E-state index is 0.137. The molecule has 0 N–H and O–H groups in total. The zero-order chi connectivity index (χ0) is 19.2. The van der Waals surface area contributed by atoms with Gasteiger partial charge in [-0.25, -0.2) is 0 Å². The lowest BCUT2D eigenvalue weighted by molar-refractivity contribution is -0.0684. The van der Waals surface area contributed by atoms with Crippen molar-refractivity contribution in [3.05, 3.63) is 0 Å². The third-order valence-electron chi connectivity index (χ3n) is 5.43. The molecule has 2 fully saturated rings. The van der Waals surface area contributed by atoms with Gasteiger partial charge in [0.05, 0.1) is 78.8 Å². The molecule has 1 saturated carbocycles. The summed E-state index contributed by atoms with van der Waals surface area (Å²) in [4.78, 5) is 0. The van der Waals surface area contributed by atoms with Gasteiger partial charge in [0.2, 0.25) is 0 Å². The predicted molar refractivity (Wildman–Crippen MR) is 104 cm³/mol. The average Bonchev–Trinajstić information content (AvgIpc) is 2.65. The monoisotopic (exact) mass is 388 g/mol. The Morgan fingerprint density at radius 1 is 0.630 bits per heavy atom. The van der Waals surface area contributed by atoms with Crippen LogP contribution in [0, 0.1) is 11.3 Å². The van der Waals surface area contributed by atoms with Gasteiger partial charge >= 0.3 is 0 Å². The highest BCUT2D eigenvalue weighted by Gasteiger charge is 2.28. The van der Waals surface area contributed by atoms with Gasteiger partial charge in [0, 0.05) is 0 Å². The van der Waals surface area contributed by atoms with Crippen LogP contribution in [0.2, 0.25) is 0 Å². The molecule has 2 aliphatic rings. The Kier molecular flexibility index (Phi) is 11.8. The van der Waals surface area contributed by atoms with Crippen molar-refractivity contribution in [3.8, 4) is 0 Å². The number of hydrogen-bond acceptors (Lipinski definition) is 6. The van der Waals surface area contributed by atoms with Gasteiger partial charge in [-0.2, -0.15) is 0 Å². The molecule has 1 aliphatic heterocycles. The summed E-state index contributed by atoms with van der Waals surface area (Å²) >= 11 is 0. The second kappa shape index (κ2) is 13.9. The van der Waals surface area contributed by atoms with Crippen molar-refractivity contribution in [1.29, 1.82) is 0 Å². The summed E-state index contributed by atoms with van der Waals surface area (Å²) in [5.41, 5.74) is 0.503. The molecule has 0 spiro atoms. The SMILES string of the molecule is CC1(C)CCC(CC2COCCOCCOCCOCCOCCO2)CC1. The van der Waals surface area contributed by atoms with Crippen LogP contribution >= 0.6 is 0 Å². The maximum atomic E-state index is 6.09. The van der Waals surface area contributed by atoms with E-state index in [2.05, 4.69) is 13.8 Å². The van der Waals surface area contributed by atoms with Gasteiger partial charge in [-0.3, -0.25) is 0 Å². The molecule has 0 amide bonds. The molecule has 1 heterocycles. The molecule has 6 nitrogen and oxygen atoms in total. The topological polar surface area (TPSA) is 55.4 Å². The molecular weight excluding hydrogens is 348 g/mol. The number of hydrogen-bond donors (Lipinski definition) is 0. The van der Waals surface area contributed by atoms with E-state index in [1.807, 2.05) is 0 Å². The van der Waals surface area contributed by atoms with Gasteiger partial charge in [-0.1, -0.05) is 13.8 Å². The van der Waals surface area contributed by atoms with Gasteiger partial charge < -0.3 is 28.4 Å². The smallest absolute Gasteiger partial charge is 0.0812 e. The fraction of sp³-hybridized carbons (Fsp3) is 1.00. The normalized spacial score (nSPS) is 28.9. The standard InChI is InChI=1S/C21H40O6/c1-21(2)5-3-19(4-6-21)17-20-18-26-14-13-24-10-9-22-7-8-23-11-12-25-15-16-27-20/h19-20H,3-18H2,1-2H3. The van der Waals surface area contributed by atoms with E-state index >= 15 is 0 Å². The minimum absolute atomic E-state index is 0.137. The van der Waals surface area contributed by atoms with Gasteiger partial charge in [0.1, 0.15) is 0 Å². The Balaban J connectivity index is 1.70. The minimum Gasteiger partial charge on any atom is -0.377 e. The molecule has 0 aromatic rings. The molecule has 6 heteroatoms. The lowest BCUT2D eigenvalue weighted by Gasteiger charge is -2.35. The molecule has 160 valence electrons. The second-order valence-corrected chi connectivity index (χ2v) is 8.36. The van der Waals surface area contributed by atoms with Crippen LogP contribution < -0.4 is 0 Å². The van der Waals surface area contributed by atoms with Gasteiger partial charge in [-0.15, -0.1) is 0 Å². The quantitative estimate of drug-likeness (QED) is 0.725. The van der Waals surface area contributed by atoms with Crippen molar-refractivity contribution >= 4 is 0 Å². The van der Waals surface area contributed by atoms with Gasteiger partial charge in [0.25, 0.3) is 0 Å². The Labute approximate surface area is 165 Å². The fourth-order valence-electron chi connectivity index (χ4n) is 3.62. The Morgan fingerprint density at radius 3 is 1.59 bits per heavy atom. The zero-order valence-electron chi connectivity index (χ0n) is 17.4. The molecule has 1 saturated heterocycles. The largest absolute Gasteiger partial charge is 0.377 e. The maximum Gasteiger partial charge on any atom is 0.0812 e. The highest BCUT2D eigenvalue weighted by atomic mass is 16.6. The Bertz CT molecular complexity index is 335. The highest BCUT2D eigenvalue weighted by Crippen LogP contribution is 2.39. The third kappa shape index (κ3) is 11.4. The van der Waals surface area contributed by atoms with Crippen LogP contribution in [-0.4, -0.2) is 78.8 Å². The molecule has 0 bridgehead atoms. The van der Waals surface area contributed by atoms with Crippen LogP contribution in [0.1, 0.15) is 46.0 Å². The molecule has 0 aromatic heterocycles. The van der Waals surface area contributed by atoms with Crippen LogP contribution in [0.15, 0.2) is 0 Å². The lowest BCUT2D eigenvalue weighted by atomic mass is 9.72. The summed E-state index contributed by atoms with van der Waals surface area (Å²) in [5, 5.41) is 0. The van der Waals surface area contributed by atoms with E-state index < -0.39 is 0 Å². The number of ether oxygens (including phenoxy) is 6. The van der Waals surface area contributed by atoms with E-state index in [-0.39, 0.29) is 6.10 Å². The number of rotatable bonds is 2. The maximum absolute atomic E-state index is 6.09. The molecule has 0 radical (unpaired) electrons. The van der Waals surface area contributed by atoms with Crippen LogP contribution in [0.5, 0.6) is 0 Å². The first-order chi connectivity index (χ1) is 13.2. The van der Waals surface area contributed by atoms with E-state index in [0.29, 0.717) is 78.1 Å². The van der Waals surface area contributed by atoms with Crippen molar-refractivity contribution in [2.75, 3.05) is 72.7 Å². The van der Waals surface area contributed by atoms with E-state index in [9.17, 15) is 0 Å². The summed E-state index contributed by atoms with van der Waals surface area (Å²) < 4.78 is 34.0. The first kappa shape index (κ1) is 23.0. The molecule has 0 aromatic carbocycles. The van der Waals surface area contributed by atoms with Gasteiger partial charge in [-0.05, 0) is 43.4 Å². The van der Waals surface area contributed by atoms with E-state index in [1.54, 1.807) is 0 Å². The molecule has 1 atom stereocenters. The lowest BCUT2D eigenvalue weighted by Crippen LogP contribution is -2.29. The van der Waals surface area contributed by atoms with Crippen molar-refractivity contribution in [2.45, 2.75) is 52.1 Å². The predicted octanol–water partition coefficient (Wildman–Crippen LogP) is 3.07. The average molecular weight is 389 g/mol. The van der Waals surface area contributed by atoms with E-state index in [0.717, 1.165) is 12.3 Å². The summed E-state index contributed by atoms with van der Waals surface area (Å²) in [7, 11) is 0. The molecule has 2 rings (SSSR count). The first-order valence-electron chi connectivity index (χ1n) is 10.7. The summed E-state index contributed by atoms with van der Waals surface area (Å²) in [5.74, 6) is 0.743. The fourth-order valence-corrected chi connectivity index (χ4v) is 3.62. The summed E-state index contributed by atoms with van der Waals surface area (Å²) in [6.45, 7) is 11.3. The zero-order valence-corrected chi connectivity index (χ0v) is 17.4. The molecule has 27 heavy (non-hydrogen) atoms. The van der Waals surface area contributed by atoms with Crippen LogP contribution in [0.3, 0.4) is 0 Å². The Hall–Kier alpha value is -0.240. The molecular formula is C21H40O6. The van der Waals surface area contributed by atoms with E-state index in [1.165, 1.54) is 25.7 Å².